The van der Waals surface area contributed by atoms with Gasteiger partial charge in [0, 0.05) is 41.0 Å². The van der Waals surface area contributed by atoms with Crippen LogP contribution in [0.3, 0.4) is 0 Å². The zero-order chi connectivity index (χ0) is 10.7. The second-order valence-corrected chi connectivity index (χ2v) is 6.01. The van der Waals surface area contributed by atoms with Crippen molar-refractivity contribution in [1.29, 1.82) is 0 Å². The predicted molar refractivity (Wildman–Crippen MR) is 67.1 cm³/mol. The van der Waals surface area contributed by atoms with Gasteiger partial charge in [-0.1, -0.05) is 0 Å². The number of rotatable bonds is 3. The molecule has 0 saturated carbocycles. The molecule has 0 bridgehead atoms. The number of aryl methyl sites for hydroxylation is 1. The summed E-state index contributed by atoms with van der Waals surface area (Å²) in [5.74, 6) is 2.52. The van der Waals surface area contributed by atoms with E-state index in [2.05, 4.69) is 5.32 Å². The molecule has 15 heavy (non-hydrogen) atoms. The van der Waals surface area contributed by atoms with Crippen molar-refractivity contribution in [3.63, 3.8) is 0 Å². The van der Waals surface area contributed by atoms with Gasteiger partial charge in [0.1, 0.15) is 0 Å². The molecule has 0 aromatic carbocycles. The van der Waals surface area contributed by atoms with E-state index in [0.717, 1.165) is 22.7 Å². The van der Waals surface area contributed by atoms with Crippen LogP contribution >= 0.6 is 23.1 Å². The third-order valence-electron chi connectivity index (χ3n) is 2.59. The minimum absolute atomic E-state index is 0.286. The van der Waals surface area contributed by atoms with Gasteiger partial charge in [-0.3, -0.25) is 4.79 Å². The fourth-order valence-electron chi connectivity index (χ4n) is 1.76. The molecule has 2 rings (SSSR count). The van der Waals surface area contributed by atoms with Crippen LogP contribution in [0.25, 0.3) is 0 Å². The first-order valence-corrected chi connectivity index (χ1v) is 7.19. The Balaban J connectivity index is 1.94. The Labute approximate surface area is 98.5 Å². The first-order chi connectivity index (χ1) is 7.27. The molecule has 2 heterocycles. The molecule has 1 aliphatic heterocycles. The monoisotopic (exact) mass is 241 g/mol. The van der Waals surface area contributed by atoms with Crippen molar-refractivity contribution in [2.45, 2.75) is 19.4 Å². The minimum atomic E-state index is 0.286. The van der Waals surface area contributed by atoms with E-state index in [4.69, 9.17) is 0 Å². The van der Waals surface area contributed by atoms with E-state index in [1.54, 1.807) is 11.3 Å². The van der Waals surface area contributed by atoms with Crippen molar-refractivity contribution in [3.8, 4) is 0 Å². The van der Waals surface area contributed by atoms with Crippen molar-refractivity contribution >= 4 is 28.9 Å². The Morgan fingerprint density at radius 2 is 2.53 bits per heavy atom. The van der Waals surface area contributed by atoms with Crippen LogP contribution in [-0.4, -0.2) is 29.9 Å². The number of nitrogens with one attached hydrogen (secondary N) is 1. The maximum Gasteiger partial charge on any atom is 0.165 e. The van der Waals surface area contributed by atoms with Gasteiger partial charge in [-0.2, -0.15) is 11.8 Å². The summed E-state index contributed by atoms with van der Waals surface area (Å²) in [6.45, 7) is 3.05. The van der Waals surface area contributed by atoms with Gasteiger partial charge >= 0.3 is 0 Å². The van der Waals surface area contributed by atoms with E-state index in [0.29, 0.717) is 12.5 Å². The highest BCUT2D eigenvalue weighted by atomic mass is 32.2. The second kappa shape index (κ2) is 5.14. The number of thioether (sulfide) groups is 1. The van der Waals surface area contributed by atoms with E-state index < -0.39 is 0 Å². The average molecular weight is 241 g/mol. The van der Waals surface area contributed by atoms with Crippen LogP contribution in [0, 0.1) is 6.92 Å². The number of hydrogen-bond donors (Lipinski definition) is 1. The highest BCUT2D eigenvalue weighted by Gasteiger charge is 2.18. The topological polar surface area (TPSA) is 29.1 Å². The fraction of sp³-hybridized carbons (Fsp3) is 0.545. The minimum Gasteiger partial charge on any atom is -0.312 e. The van der Waals surface area contributed by atoms with E-state index in [9.17, 15) is 4.79 Å². The molecule has 1 aliphatic rings. The molecule has 1 aromatic heterocycles. The van der Waals surface area contributed by atoms with Crippen LogP contribution in [0.1, 0.15) is 21.7 Å². The largest absolute Gasteiger partial charge is 0.312 e. The molecule has 0 amide bonds. The lowest BCUT2D eigenvalue weighted by molar-refractivity contribution is 0.0972. The molecule has 0 spiro atoms. The molecule has 1 aromatic rings. The molecule has 0 aliphatic carbocycles. The third kappa shape index (κ3) is 2.83. The number of ketones is 1. The summed E-state index contributed by atoms with van der Waals surface area (Å²) >= 11 is 3.58. The molecular formula is C11H15NOS2. The SMILES string of the molecule is Cc1sccc1C(=O)CC1CSCCN1. The van der Waals surface area contributed by atoms with E-state index in [1.165, 1.54) is 5.75 Å². The van der Waals surface area contributed by atoms with E-state index in [1.807, 2.05) is 30.1 Å². The smallest absolute Gasteiger partial charge is 0.165 e. The van der Waals surface area contributed by atoms with Gasteiger partial charge in [-0.05, 0) is 18.4 Å². The molecule has 1 fully saturated rings. The Hall–Kier alpha value is -0.320. The first-order valence-electron chi connectivity index (χ1n) is 5.16. The summed E-state index contributed by atoms with van der Waals surface area (Å²) in [4.78, 5) is 13.1. The summed E-state index contributed by atoms with van der Waals surface area (Å²) in [6.07, 6.45) is 0.643. The number of thiophene rings is 1. The van der Waals surface area contributed by atoms with Crippen molar-refractivity contribution in [3.05, 3.63) is 21.9 Å². The molecule has 4 heteroatoms. The third-order valence-corrected chi connectivity index (χ3v) is 4.57. The van der Waals surface area contributed by atoms with Crippen molar-refractivity contribution in [2.24, 2.45) is 0 Å². The summed E-state index contributed by atoms with van der Waals surface area (Å²) in [6, 6.07) is 2.31. The quantitative estimate of drug-likeness (QED) is 0.824. The van der Waals surface area contributed by atoms with Crippen LogP contribution in [0.4, 0.5) is 0 Å². The molecule has 1 unspecified atom stereocenters. The number of carbonyl (C=O) groups is 1. The fourth-order valence-corrected chi connectivity index (χ4v) is 3.42. The van der Waals surface area contributed by atoms with Gasteiger partial charge in [0.05, 0.1) is 0 Å². The van der Waals surface area contributed by atoms with Crippen LogP contribution in [0.15, 0.2) is 11.4 Å². The lowest BCUT2D eigenvalue weighted by Gasteiger charge is -2.22. The van der Waals surface area contributed by atoms with Crippen molar-refractivity contribution < 1.29 is 4.79 Å². The molecular weight excluding hydrogens is 226 g/mol. The highest BCUT2D eigenvalue weighted by molar-refractivity contribution is 7.99. The number of hydrogen-bond acceptors (Lipinski definition) is 4. The molecule has 1 atom stereocenters. The molecule has 1 N–H and O–H groups in total. The summed E-state index contributed by atoms with van der Waals surface area (Å²) in [5, 5.41) is 5.38. The standard InChI is InChI=1S/C11H15NOS2/c1-8-10(2-4-15-8)11(13)6-9-7-14-5-3-12-9/h2,4,9,12H,3,5-7H2,1H3. The summed E-state index contributed by atoms with van der Waals surface area (Å²) in [5.41, 5.74) is 0.914. The van der Waals surface area contributed by atoms with Crippen molar-refractivity contribution in [1.82, 2.24) is 5.32 Å². The van der Waals surface area contributed by atoms with Gasteiger partial charge in [-0.15, -0.1) is 11.3 Å². The Kier molecular flexibility index (Phi) is 3.83. The zero-order valence-electron chi connectivity index (χ0n) is 8.79. The molecule has 0 radical (unpaired) electrons. The van der Waals surface area contributed by atoms with Crippen LogP contribution in [0.2, 0.25) is 0 Å². The van der Waals surface area contributed by atoms with Crippen LogP contribution in [0.5, 0.6) is 0 Å². The zero-order valence-corrected chi connectivity index (χ0v) is 10.4. The summed E-state index contributed by atoms with van der Waals surface area (Å²) < 4.78 is 0. The summed E-state index contributed by atoms with van der Waals surface area (Å²) in [7, 11) is 0. The Morgan fingerprint density at radius 3 is 3.13 bits per heavy atom. The Morgan fingerprint density at radius 1 is 1.67 bits per heavy atom. The number of Topliss-reactive ketones (excluding diaryl/α,β-unsaturated/α-hetero) is 1. The van der Waals surface area contributed by atoms with E-state index >= 15 is 0 Å². The lowest BCUT2D eigenvalue weighted by Crippen LogP contribution is -2.38. The van der Waals surface area contributed by atoms with Gasteiger partial charge in [0.25, 0.3) is 0 Å². The maximum absolute atomic E-state index is 12.0. The molecule has 82 valence electrons. The van der Waals surface area contributed by atoms with Crippen molar-refractivity contribution in [2.75, 3.05) is 18.1 Å². The van der Waals surface area contributed by atoms with Gasteiger partial charge in [-0.25, -0.2) is 0 Å². The first kappa shape index (κ1) is 11.2. The predicted octanol–water partition coefficient (Wildman–Crippen LogP) is 2.33. The molecule has 1 saturated heterocycles. The van der Waals surface area contributed by atoms with E-state index in [-0.39, 0.29) is 5.78 Å². The lowest BCUT2D eigenvalue weighted by atomic mass is 10.1. The van der Waals surface area contributed by atoms with Gasteiger partial charge in [0.15, 0.2) is 5.78 Å². The second-order valence-electron chi connectivity index (χ2n) is 3.74. The maximum atomic E-state index is 12.0. The normalized spacial score (nSPS) is 21.5. The highest BCUT2D eigenvalue weighted by Crippen LogP contribution is 2.19. The van der Waals surface area contributed by atoms with Gasteiger partial charge in [0.2, 0.25) is 0 Å². The molecule has 2 nitrogen and oxygen atoms in total. The number of carbonyl (C=O) groups excluding carboxylic acids is 1. The van der Waals surface area contributed by atoms with Gasteiger partial charge < -0.3 is 5.32 Å². The Bertz CT molecular complexity index is 342. The van der Waals surface area contributed by atoms with Crippen LogP contribution < -0.4 is 5.32 Å². The average Bonchev–Trinajstić information content (AvgIpc) is 2.66. The van der Waals surface area contributed by atoms with Crippen LogP contribution in [-0.2, 0) is 0 Å².